The van der Waals surface area contributed by atoms with E-state index in [2.05, 4.69) is 15.0 Å². The summed E-state index contributed by atoms with van der Waals surface area (Å²) in [4.78, 5) is 22.5. The molecule has 2 aromatic heterocycles. The molecular weight excluding hydrogens is 240 g/mol. The van der Waals surface area contributed by atoms with Crippen molar-refractivity contribution in [3.8, 4) is 11.5 Å². The molecule has 0 spiro atoms. The van der Waals surface area contributed by atoms with Crippen molar-refractivity contribution in [3.05, 3.63) is 39.3 Å². The van der Waals surface area contributed by atoms with E-state index in [-0.39, 0.29) is 17.2 Å². The van der Waals surface area contributed by atoms with Gasteiger partial charge in [-0.2, -0.15) is 0 Å². The van der Waals surface area contributed by atoms with Crippen LogP contribution in [0.25, 0.3) is 11.5 Å². The van der Waals surface area contributed by atoms with Crippen molar-refractivity contribution in [2.75, 3.05) is 5.73 Å². The fourth-order valence-electron chi connectivity index (χ4n) is 1.53. The highest BCUT2D eigenvalue weighted by atomic mass is 35.5. The lowest BCUT2D eigenvalue weighted by Gasteiger charge is -2.05. The largest absolute Gasteiger partial charge is 0.383 e. The van der Waals surface area contributed by atoms with Crippen LogP contribution in [0.4, 0.5) is 5.82 Å². The van der Waals surface area contributed by atoms with Crippen LogP contribution in [0.3, 0.4) is 0 Å². The van der Waals surface area contributed by atoms with Crippen LogP contribution in [0, 0.1) is 0 Å². The van der Waals surface area contributed by atoms with E-state index in [0.29, 0.717) is 22.7 Å². The molecule has 17 heavy (non-hydrogen) atoms. The number of nitrogens with two attached hydrogens (primary N) is 1. The quantitative estimate of drug-likeness (QED) is 0.848. The number of aromatic amines is 1. The number of pyridine rings is 1. The number of aromatic nitrogens is 3. The molecule has 2 aromatic rings. The van der Waals surface area contributed by atoms with Gasteiger partial charge >= 0.3 is 0 Å². The Morgan fingerprint density at radius 3 is 2.88 bits per heavy atom. The number of halogens is 1. The third-order valence-corrected chi connectivity index (χ3v) is 2.69. The topological polar surface area (TPSA) is 84.7 Å². The van der Waals surface area contributed by atoms with Crippen molar-refractivity contribution in [2.45, 2.75) is 13.3 Å². The van der Waals surface area contributed by atoms with E-state index in [1.807, 2.05) is 6.92 Å². The van der Waals surface area contributed by atoms with Crippen LogP contribution in [0.2, 0.25) is 5.02 Å². The molecule has 3 N–H and O–H groups in total. The molecule has 88 valence electrons. The standard InChI is InChI=1S/C11H11ClN4O/c1-2-6-9(13)15-10(16-11(6)17)8-7(12)4-3-5-14-8/h3-5H,2H2,1H3,(H3,13,15,16,17). The van der Waals surface area contributed by atoms with Crippen LogP contribution >= 0.6 is 11.6 Å². The Labute approximate surface area is 103 Å². The summed E-state index contributed by atoms with van der Waals surface area (Å²) in [6, 6.07) is 3.38. The molecule has 0 aliphatic rings. The maximum Gasteiger partial charge on any atom is 0.256 e. The van der Waals surface area contributed by atoms with E-state index < -0.39 is 0 Å². The van der Waals surface area contributed by atoms with Gasteiger partial charge in [0.15, 0.2) is 5.82 Å². The first-order valence-electron chi connectivity index (χ1n) is 5.13. The van der Waals surface area contributed by atoms with Gasteiger partial charge in [0.05, 0.1) is 10.6 Å². The number of nitrogen functional groups attached to an aromatic ring is 1. The number of nitrogens with zero attached hydrogens (tertiary/aromatic N) is 2. The molecule has 0 bridgehead atoms. The van der Waals surface area contributed by atoms with Gasteiger partial charge in [0.2, 0.25) is 0 Å². The zero-order valence-electron chi connectivity index (χ0n) is 9.20. The Bertz CT molecular complexity index is 609. The Morgan fingerprint density at radius 2 is 2.29 bits per heavy atom. The van der Waals surface area contributed by atoms with Crippen LogP contribution in [-0.4, -0.2) is 15.0 Å². The predicted molar refractivity (Wildman–Crippen MR) is 66.9 cm³/mol. The zero-order valence-corrected chi connectivity index (χ0v) is 9.95. The zero-order chi connectivity index (χ0) is 12.4. The van der Waals surface area contributed by atoms with Crippen molar-refractivity contribution in [1.29, 1.82) is 0 Å². The maximum absolute atomic E-state index is 11.7. The van der Waals surface area contributed by atoms with Gasteiger partial charge in [0, 0.05) is 6.20 Å². The Kier molecular flexibility index (Phi) is 3.10. The fraction of sp³-hybridized carbons (Fsp3) is 0.182. The molecule has 0 radical (unpaired) electrons. The van der Waals surface area contributed by atoms with Gasteiger partial charge in [-0.3, -0.25) is 9.78 Å². The number of hydrogen-bond acceptors (Lipinski definition) is 4. The van der Waals surface area contributed by atoms with Crippen LogP contribution < -0.4 is 11.3 Å². The third-order valence-electron chi connectivity index (χ3n) is 2.38. The summed E-state index contributed by atoms with van der Waals surface area (Å²) in [7, 11) is 0. The maximum atomic E-state index is 11.7. The normalized spacial score (nSPS) is 10.5. The van der Waals surface area contributed by atoms with Gasteiger partial charge in [-0.15, -0.1) is 0 Å². The molecule has 2 heterocycles. The summed E-state index contributed by atoms with van der Waals surface area (Å²) in [6.45, 7) is 1.84. The molecule has 0 aliphatic carbocycles. The first-order valence-corrected chi connectivity index (χ1v) is 5.50. The SMILES string of the molecule is CCc1c(N)nc(-c2ncccc2Cl)[nH]c1=O. The summed E-state index contributed by atoms with van der Waals surface area (Å²) < 4.78 is 0. The average Bonchev–Trinajstić information content (AvgIpc) is 2.29. The summed E-state index contributed by atoms with van der Waals surface area (Å²) >= 11 is 5.97. The Morgan fingerprint density at radius 1 is 1.53 bits per heavy atom. The second kappa shape index (κ2) is 4.55. The van der Waals surface area contributed by atoms with E-state index in [4.69, 9.17) is 17.3 Å². The second-order valence-corrected chi connectivity index (χ2v) is 3.87. The second-order valence-electron chi connectivity index (χ2n) is 3.47. The Hall–Kier alpha value is -1.88. The minimum absolute atomic E-state index is 0.216. The molecule has 0 atom stereocenters. The number of rotatable bonds is 2. The lowest BCUT2D eigenvalue weighted by atomic mass is 10.2. The van der Waals surface area contributed by atoms with E-state index in [1.165, 1.54) is 0 Å². The molecule has 5 nitrogen and oxygen atoms in total. The highest BCUT2D eigenvalue weighted by Crippen LogP contribution is 2.21. The van der Waals surface area contributed by atoms with Gasteiger partial charge in [-0.05, 0) is 18.6 Å². The van der Waals surface area contributed by atoms with E-state index in [1.54, 1.807) is 18.3 Å². The van der Waals surface area contributed by atoms with Crippen LogP contribution in [0.5, 0.6) is 0 Å². The van der Waals surface area contributed by atoms with Crippen LogP contribution in [0.1, 0.15) is 12.5 Å². The van der Waals surface area contributed by atoms with E-state index in [0.717, 1.165) is 0 Å². The van der Waals surface area contributed by atoms with E-state index >= 15 is 0 Å². The van der Waals surface area contributed by atoms with Crippen molar-refractivity contribution >= 4 is 17.4 Å². The predicted octanol–water partition coefficient (Wildman–Crippen LogP) is 1.63. The Balaban J connectivity index is 2.63. The minimum Gasteiger partial charge on any atom is -0.383 e. The van der Waals surface area contributed by atoms with Crippen LogP contribution in [-0.2, 0) is 6.42 Å². The monoisotopic (exact) mass is 250 g/mol. The van der Waals surface area contributed by atoms with Gasteiger partial charge < -0.3 is 10.7 Å². The number of hydrogen-bond donors (Lipinski definition) is 2. The lowest BCUT2D eigenvalue weighted by Crippen LogP contribution is -2.18. The summed E-state index contributed by atoms with van der Waals surface area (Å²) in [5.74, 6) is 0.503. The molecule has 2 rings (SSSR count). The van der Waals surface area contributed by atoms with Crippen molar-refractivity contribution in [1.82, 2.24) is 15.0 Å². The van der Waals surface area contributed by atoms with Gasteiger partial charge in [-0.1, -0.05) is 18.5 Å². The van der Waals surface area contributed by atoms with Crippen molar-refractivity contribution < 1.29 is 0 Å². The third kappa shape index (κ3) is 2.14. The highest BCUT2D eigenvalue weighted by molar-refractivity contribution is 6.32. The fourth-order valence-corrected chi connectivity index (χ4v) is 1.74. The number of nitrogens with one attached hydrogen (secondary N) is 1. The molecule has 0 saturated carbocycles. The smallest absolute Gasteiger partial charge is 0.256 e. The molecule has 0 fully saturated rings. The summed E-state index contributed by atoms with van der Waals surface area (Å²) in [6.07, 6.45) is 2.11. The minimum atomic E-state index is -0.253. The van der Waals surface area contributed by atoms with Gasteiger partial charge in [0.25, 0.3) is 5.56 Å². The lowest BCUT2D eigenvalue weighted by molar-refractivity contribution is 1.01. The molecule has 0 saturated heterocycles. The number of H-pyrrole nitrogens is 1. The first-order chi connectivity index (χ1) is 8.13. The summed E-state index contributed by atoms with van der Waals surface area (Å²) in [5, 5.41) is 0.416. The van der Waals surface area contributed by atoms with E-state index in [9.17, 15) is 4.79 Å². The van der Waals surface area contributed by atoms with Crippen LogP contribution in [0.15, 0.2) is 23.1 Å². The van der Waals surface area contributed by atoms with Gasteiger partial charge in [-0.25, -0.2) is 4.98 Å². The van der Waals surface area contributed by atoms with Crippen molar-refractivity contribution in [3.63, 3.8) is 0 Å². The molecule has 0 aromatic carbocycles. The first kappa shape index (κ1) is 11.6. The molecule has 0 amide bonds. The average molecular weight is 251 g/mol. The molecular formula is C11H11ClN4O. The highest BCUT2D eigenvalue weighted by Gasteiger charge is 2.11. The molecule has 0 unspecified atom stereocenters. The number of anilines is 1. The molecule has 6 heteroatoms. The van der Waals surface area contributed by atoms with Crippen molar-refractivity contribution in [2.24, 2.45) is 0 Å². The molecule has 0 aliphatic heterocycles. The van der Waals surface area contributed by atoms with Gasteiger partial charge in [0.1, 0.15) is 11.5 Å². The summed E-state index contributed by atoms with van der Waals surface area (Å²) in [5.41, 5.74) is 6.36.